The van der Waals surface area contributed by atoms with Crippen molar-refractivity contribution in [3.63, 3.8) is 0 Å². The molecule has 3 heterocycles. The molecule has 0 saturated carbocycles. The van der Waals surface area contributed by atoms with E-state index in [0.717, 1.165) is 37.6 Å². The van der Waals surface area contributed by atoms with Crippen molar-refractivity contribution in [3.05, 3.63) is 64.8 Å². The Hall–Kier alpha value is -3.36. The van der Waals surface area contributed by atoms with Crippen LogP contribution in [0.2, 0.25) is 0 Å². The number of thiazole rings is 1. The molecule has 0 aliphatic carbocycles. The lowest BCUT2D eigenvalue weighted by Gasteiger charge is -2.08. The number of hydrogen-bond donors (Lipinski definition) is 1. The van der Waals surface area contributed by atoms with Crippen LogP contribution in [0.3, 0.4) is 0 Å². The van der Waals surface area contributed by atoms with Crippen molar-refractivity contribution in [2.45, 2.75) is 33.8 Å². The summed E-state index contributed by atoms with van der Waals surface area (Å²) in [6.07, 6.45) is 1.33. The van der Waals surface area contributed by atoms with Gasteiger partial charge in [-0.15, -0.1) is 22.7 Å². The predicted octanol–water partition coefficient (Wildman–Crippen LogP) is 6.89. The minimum atomic E-state index is -0.327. The quantitative estimate of drug-likeness (QED) is 0.279. The van der Waals surface area contributed by atoms with Crippen LogP contribution in [0.15, 0.2) is 48.8 Å². The second kappa shape index (κ2) is 8.53. The molecule has 3 aromatic heterocycles. The molecule has 0 radical (unpaired) electrons. The third-order valence-electron chi connectivity index (χ3n) is 5.19. The van der Waals surface area contributed by atoms with Crippen molar-refractivity contribution in [1.29, 1.82) is 0 Å². The molecule has 0 aliphatic rings. The first-order valence-electron chi connectivity index (χ1n) is 10.6. The number of carbonyl (C=O) groups excluding carboxylic acids is 1. The molecule has 0 unspecified atom stereocenters. The fraction of sp³-hybridized carbons (Fsp3) is 0.200. The lowest BCUT2D eigenvalue weighted by molar-refractivity contribution is 0.0383. The van der Waals surface area contributed by atoms with Crippen molar-refractivity contribution in [2.24, 2.45) is 0 Å². The number of aromatic nitrogens is 3. The highest BCUT2D eigenvalue weighted by molar-refractivity contribution is 7.21. The molecule has 0 atom stereocenters. The number of hydrogen-bond acceptors (Lipinski definition) is 8. The van der Waals surface area contributed by atoms with Gasteiger partial charge in [-0.25, -0.2) is 19.7 Å². The maximum Gasteiger partial charge on any atom is 0.348 e. The minimum Gasteiger partial charge on any atom is -0.459 e. The molecular formula is C25H22N4O2S2. The smallest absolute Gasteiger partial charge is 0.348 e. The highest BCUT2D eigenvalue weighted by atomic mass is 32.1. The van der Waals surface area contributed by atoms with Gasteiger partial charge in [0.2, 0.25) is 0 Å². The fourth-order valence-corrected chi connectivity index (χ4v) is 5.72. The molecular weight excluding hydrogens is 452 g/mol. The Labute approximate surface area is 199 Å². The average molecular weight is 475 g/mol. The number of thiophene rings is 1. The van der Waals surface area contributed by atoms with E-state index in [4.69, 9.17) is 9.72 Å². The largest absolute Gasteiger partial charge is 0.459 e. The van der Waals surface area contributed by atoms with E-state index in [-0.39, 0.29) is 12.1 Å². The van der Waals surface area contributed by atoms with E-state index in [1.165, 1.54) is 27.9 Å². The van der Waals surface area contributed by atoms with Crippen LogP contribution in [0.4, 0.5) is 11.5 Å². The van der Waals surface area contributed by atoms with Gasteiger partial charge in [-0.05, 0) is 75.2 Å². The Balaban J connectivity index is 1.43. The van der Waals surface area contributed by atoms with Gasteiger partial charge in [-0.3, -0.25) is 0 Å². The zero-order valence-corrected chi connectivity index (χ0v) is 20.3. The highest BCUT2D eigenvalue weighted by Crippen LogP contribution is 2.36. The van der Waals surface area contributed by atoms with Gasteiger partial charge in [-0.1, -0.05) is 6.07 Å². The van der Waals surface area contributed by atoms with Crippen molar-refractivity contribution in [1.82, 2.24) is 15.0 Å². The van der Waals surface area contributed by atoms with Crippen LogP contribution in [0.25, 0.3) is 31.0 Å². The molecule has 5 rings (SSSR count). The van der Waals surface area contributed by atoms with Crippen molar-refractivity contribution >= 4 is 60.6 Å². The van der Waals surface area contributed by atoms with Crippen LogP contribution < -0.4 is 5.32 Å². The molecule has 0 aliphatic heterocycles. The second-order valence-corrected chi connectivity index (χ2v) is 10.1. The summed E-state index contributed by atoms with van der Waals surface area (Å²) in [6, 6.07) is 14.4. The molecule has 33 heavy (non-hydrogen) atoms. The molecule has 166 valence electrons. The number of benzene rings is 2. The first-order valence-corrected chi connectivity index (χ1v) is 12.2. The van der Waals surface area contributed by atoms with E-state index in [2.05, 4.69) is 52.5 Å². The lowest BCUT2D eigenvalue weighted by atomic mass is 10.2. The standard InChI is InChI=1S/C25H22N4O2S2/c1-13(2)31-25(30)21-15(4)20-22(26-12-27-24(20)33-21)28-17-8-6-16(7-9-17)23-29-18-10-5-14(3)11-19(18)32-23/h5-13H,1-4H3,(H,26,27,28). The number of ether oxygens (including phenoxy) is 1. The molecule has 8 heteroatoms. The summed E-state index contributed by atoms with van der Waals surface area (Å²) in [5, 5.41) is 5.21. The summed E-state index contributed by atoms with van der Waals surface area (Å²) in [6.45, 7) is 7.68. The third kappa shape index (κ3) is 4.19. The maximum absolute atomic E-state index is 12.5. The van der Waals surface area contributed by atoms with Gasteiger partial charge >= 0.3 is 5.97 Å². The van der Waals surface area contributed by atoms with E-state index in [0.29, 0.717) is 10.7 Å². The molecule has 5 aromatic rings. The summed E-state index contributed by atoms with van der Waals surface area (Å²) < 4.78 is 6.58. The predicted molar refractivity (Wildman–Crippen MR) is 136 cm³/mol. The van der Waals surface area contributed by atoms with Crippen molar-refractivity contribution < 1.29 is 9.53 Å². The van der Waals surface area contributed by atoms with Gasteiger partial charge in [0, 0.05) is 11.3 Å². The molecule has 6 nitrogen and oxygen atoms in total. The Kier molecular flexibility index (Phi) is 5.55. The van der Waals surface area contributed by atoms with Crippen LogP contribution in [0.5, 0.6) is 0 Å². The Morgan fingerprint density at radius 2 is 1.82 bits per heavy atom. The topological polar surface area (TPSA) is 77.0 Å². The van der Waals surface area contributed by atoms with Gasteiger partial charge in [-0.2, -0.15) is 0 Å². The van der Waals surface area contributed by atoms with Gasteiger partial charge < -0.3 is 10.1 Å². The summed E-state index contributed by atoms with van der Waals surface area (Å²) >= 11 is 3.02. The van der Waals surface area contributed by atoms with E-state index >= 15 is 0 Å². The van der Waals surface area contributed by atoms with Crippen LogP contribution in [-0.4, -0.2) is 27.0 Å². The van der Waals surface area contributed by atoms with E-state index in [9.17, 15) is 4.79 Å². The number of anilines is 2. The third-order valence-corrected chi connectivity index (χ3v) is 7.44. The SMILES string of the molecule is Cc1ccc2nc(-c3ccc(Nc4ncnc5sc(C(=O)OC(C)C)c(C)c45)cc3)sc2c1. The van der Waals surface area contributed by atoms with Crippen molar-refractivity contribution in [3.8, 4) is 10.6 Å². The van der Waals surface area contributed by atoms with E-state index in [1.807, 2.05) is 32.9 Å². The zero-order valence-electron chi connectivity index (χ0n) is 18.7. The number of esters is 1. The Morgan fingerprint density at radius 1 is 1.03 bits per heavy atom. The Bertz CT molecular complexity index is 1490. The van der Waals surface area contributed by atoms with E-state index in [1.54, 1.807) is 11.3 Å². The van der Waals surface area contributed by atoms with Crippen LogP contribution in [0, 0.1) is 13.8 Å². The lowest BCUT2D eigenvalue weighted by Crippen LogP contribution is -2.11. The molecule has 0 spiro atoms. The number of carbonyl (C=O) groups is 1. The highest BCUT2D eigenvalue weighted by Gasteiger charge is 2.21. The summed E-state index contributed by atoms with van der Waals surface area (Å²) in [5.74, 6) is 0.340. The van der Waals surface area contributed by atoms with Crippen LogP contribution in [-0.2, 0) is 4.74 Å². The first kappa shape index (κ1) is 21.5. The summed E-state index contributed by atoms with van der Waals surface area (Å²) in [7, 11) is 0. The summed E-state index contributed by atoms with van der Waals surface area (Å²) in [5.41, 5.74) is 5.04. The molecule has 0 fully saturated rings. The fourth-order valence-electron chi connectivity index (χ4n) is 3.62. The van der Waals surface area contributed by atoms with Gasteiger partial charge in [0.1, 0.15) is 26.9 Å². The number of fused-ring (bicyclic) bond motifs is 2. The normalized spacial score (nSPS) is 11.4. The number of nitrogens with one attached hydrogen (secondary N) is 1. The number of aryl methyl sites for hydroxylation is 2. The van der Waals surface area contributed by atoms with Gasteiger partial charge in [0.25, 0.3) is 0 Å². The average Bonchev–Trinajstić information content (AvgIpc) is 3.35. The van der Waals surface area contributed by atoms with E-state index < -0.39 is 0 Å². The zero-order chi connectivity index (χ0) is 23.1. The van der Waals surface area contributed by atoms with Gasteiger partial charge in [0.05, 0.1) is 21.7 Å². The van der Waals surface area contributed by atoms with Gasteiger partial charge in [0.15, 0.2) is 0 Å². The maximum atomic E-state index is 12.5. The molecule has 2 aromatic carbocycles. The summed E-state index contributed by atoms with van der Waals surface area (Å²) in [4.78, 5) is 27.4. The number of nitrogens with zero attached hydrogens (tertiary/aromatic N) is 3. The van der Waals surface area contributed by atoms with Crippen molar-refractivity contribution in [2.75, 3.05) is 5.32 Å². The van der Waals surface area contributed by atoms with Crippen LogP contribution in [0.1, 0.15) is 34.6 Å². The Morgan fingerprint density at radius 3 is 2.58 bits per heavy atom. The second-order valence-electron chi connectivity index (χ2n) is 8.11. The molecule has 0 amide bonds. The van der Waals surface area contributed by atoms with Crippen LogP contribution >= 0.6 is 22.7 Å². The minimum absolute atomic E-state index is 0.177. The monoisotopic (exact) mass is 474 g/mol. The number of rotatable bonds is 5. The first-order chi connectivity index (χ1) is 15.9. The molecule has 0 bridgehead atoms. The molecule has 0 saturated heterocycles. The molecule has 1 N–H and O–H groups in total.